The van der Waals surface area contributed by atoms with Gasteiger partial charge in [-0.3, -0.25) is 10.1 Å². The van der Waals surface area contributed by atoms with Crippen molar-refractivity contribution in [3.05, 3.63) is 28.8 Å². The summed E-state index contributed by atoms with van der Waals surface area (Å²) in [4.78, 5) is 17.8. The molecule has 0 saturated carbocycles. The van der Waals surface area contributed by atoms with Crippen LogP contribution in [0.15, 0.2) is 23.2 Å². The third kappa shape index (κ3) is 1.77. The van der Waals surface area contributed by atoms with Gasteiger partial charge < -0.3 is 4.90 Å². The molecule has 0 bridgehead atoms. The average molecular weight is 272 g/mol. The van der Waals surface area contributed by atoms with Gasteiger partial charge in [-0.25, -0.2) is 4.99 Å². The van der Waals surface area contributed by atoms with E-state index in [1.54, 1.807) is 0 Å². The molecular weight excluding hydrogens is 261 g/mol. The van der Waals surface area contributed by atoms with Crippen molar-refractivity contribution in [1.82, 2.24) is 10.2 Å². The fraction of sp³-hybridized carbons (Fsp3) is 0.273. The van der Waals surface area contributed by atoms with E-state index in [9.17, 15) is 4.79 Å². The number of hydrogen-bond acceptors (Lipinski definition) is 3. The van der Waals surface area contributed by atoms with E-state index in [0.717, 1.165) is 11.3 Å². The molecule has 1 atom stereocenters. The van der Waals surface area contributed by atoms with E-state index in [0.29, 0.717) is 17.5 Å². The molecule has 0 radical (unpaired) electrons. The van der Waals surface area contributed by atoms with Gasteiger partial charge in [-0.2, -0.15) is 0 Å². The number of amides is 1. The number of halogens is 2. The van der Waals surface area contributed by atoms with Gasteiger partial charge in [-0.15, -0.1) is 12.4 Å². The molecule has 0 aliphatic carbocycles. The number of nitrogens with zero attached hydrogens (tertiary/aromatic N) is 2. The van der Waals surface area contributed by atoms with Crippen LogP contribution in [0.5, 0.6) is 0 Å². The maximum atomic E-state index is 11.5. The number of aliphatic imine (C=N–C) groups is 1. The molecule has 6 heteroatoms. The molecule has 1 saturated heterocycles. The molecule has 0 aromatic heterocycles. The van der Waals surface area contributed by atoms with E-state index < -0.39 is 0 Å². The van der Waals surface area contributed by atoms with Gasteiger partial charge >= 0.3 is 0 Å². The monoisotopic (exact) mass is 271 g/mol. The van der Waals surface area contributed by atoms with Gasteiger partial charge in [0.2, 0.25) is 11.9 Å². The number of hydrogen-bond donors (Lipinski definition) is 1. The average Bonchev–Trinajstić information content (AvgIpc) is 2.53. The quantitative estimate of drug-likeness (QED) is 0.786. The molecule has 2 aliphatic heterocycles. The second-order valence-corrected chi connectivity index (χ2v) is 4.37. The minimum absolute atomic E-state index is 0. The van der Waals surface area contributed by atoms with Gasteiger partial charge in [-0.1, -0.05) is 17.7 Å². The summed E-state index contributed by atoms with van der Waals surface area (Å²) < 4.78 is 0. The summed E-state index contributed by atoms with van der Waals surface area (Å²) in [7, 11) is 0. The predicted octanol–water partition coefficient (Wildman–Crippen LogP) is 2.08. The van der Waals surface area contributed by atoms with E-state index in [4.69, 9.17) is 11.6 Å². The molecule has 17 heavy (non-hydrogen) atoms. The molecule has 0 spiro atoms. The molecule has 4 nitrogen and oxygen atoms in total. The summed E-state index contributed by atoms with van der Waals surface area (Å²) in [6.45, 7) is 2.49. The van der Waals surface area contributed by atoms with Crippen molar-refractivity contribution in [3.63, 3.8) is 0 Å². The second kappa shape index (κ2) is 4.20. The number of guanidine groups is 1. The Hall–Kier alpha value is -1.26. The van der Waals surface area contributed by atoms with Crippen LogP contribution in [0.4, 0.5) is 5.69 Å². The van der Waals surface area contributed by atoms with Gasteiger partial charge in [0.1, 0.15) is 6.04 Å². The van der Waals surface area contributed by atoms with Gasteiger partial charge in [0, 0.05) is 10.6 Å². The molecule has 1 aromatic carbocycles. The van der Waals surface area contributed by atoms with Crippen molar-refractivity contribution in [2.75, 3.05) is 0 Å². The maximum Gasteiger partial charge on any atom is 0.249 e. The first-order valence-electron chi connectivity index (χ1n) is 5.10. The molecule has 90 valence electrons. The highest BCUT2D eigenvalue weighted by molar-refractivity contribution is 6.31. The van der Waals surface area contributed by atoms with Crippen molar-refractivity contribution in [3.8, 4) is 0 Å². The Morgan fingerprint density at radius 1 is 1.53 bits per heavy atom. The molecule has 2 heterocycles. The fourth-order valence-electron chi connectivity index (χ4n) is 2.01. The standard InChI is InChI=1S/C11H10ClN3O.ClH/c1-6-10(16)14-11-13-9-4-2-3-8(12)7(9)5-15(6)11;/h2-4,6H,5H2,1H3,(H,13,14,16);1H. The Morgan fingerprint density at radius 3 is 3.06 bits per heavy atom. The third-order valence-electron chi connectivity index (χ3n) is 3.00. The Labute approximate surface area is 110 Å². The van der Waals surface area contributed by atoms with Crippen LogP contribution in [0, 0.1) is 0 Å². The summed E-state index contributed by atoms with van der Waals surface area (Å²) in [5, 5.41) is 3.46. The molecule has 3 rings (SSSR count). The summed E-state index contributed by atoms with van der Waals surface area (Å²) >= 11 is 6.12. The lowest BCUT2D eigenvalue weighted by molar-refractivity contribution is -0.121. The van der Waals surface area contributed by atoms with Crippen molar-refractivity contribution >= 4 is 41.6 Å². The van der Waals surface area contributed by atoms with Crippen LogP contribution in [0.3, 0.4) is 0 Å². The number of carbonyl (C=O) groups excluding carboxylic acids is 1. The first-order chi connectivity index (χ1) is 7.66. The Bertz CT molecular complexity index is 515. The van der Waals surface area contributed by atoms with Crippen molar-refractivity contribution in [2.24, 2.45) is 4.99 Å². The minimum Gasteiger partial charge on any atom is -0.326 e. The third-order valence-corrected chi connectivity index (χ3v) is 3.36. The maximum absolute atomic E-state index is 11.5. The molecule has 1 N–H and O–H groups in total. The van der Waals surface area contributed by atoms with Gasteiger partial charge in [0.25, 0.3) is 0 Å². The van der Waals surface area contributed by atoms with Gasteiger partial charge in [0.05, 0.1) is 12.2 Å². The molecule has 1 aromatic rings. The van der Waals surface area contributed by atoms with Crippen LogP contribution in [0.2, 0.25) is 5.02 Å². The highest BCUT2D eigenvalue weighted by Crippen LogP contribution is 2.33. The van der Waals surface area contributed by atoms with Gasteiger partial charge in [-0.05, 0) is 19.1 Å². The molecule has 2 aliphatic rings. The number of rotatable bonds is 0. The lowest BCUT2D eigenvalue weighted by atomic mass is 10.1. The van der Waals surface area contributed by atoms with E-state index >= 15 is 0 Å². The van der Waals surface area contributed by atoms with Crippen LogP contribution in [0.25, 0.3) is 0 Å². The predicted molar refractivity (Wildman–Crippen MR) is 68.9 cm³/mol. The van der Waals surface area contributed by atoms with Crippen LogP contribution in [0.1, 0.15) is 12.5 Å². The van der Waals surface area contributed by atoms with E-state index in [2.05, 4.69) is 10.3 Å². The van der Waals surface area contributed by atoms with Crippen LogP contribution in [-0.2, 0) is 11.3 Å². The largest absolute Gasteiger partial charge is 0.326 e. The van der Waals surface area contributed by atoms with Gasteiger partial charge in [0.15, 0.2) is 0 Å². The zero-order chi connectivity index (χ0) is 11.3. The topological polar surface area (TPSA) is 44.7 Å². The zero-order valence-corrected chi connectivity index (χ0v) is 10.7. The lowest BCUT2D eigenvalue weighted by Gasteiger charge is -2.26. The van der Waals surface area contributed by atoms with Crippen molar-refractivity contribution in [2.45, 2.75) is 19.5 Å². The highest BCUT2D eigenvalue weighted by Gasteiger charge is 2.36. The summed E-state index contributed by atoms with van der Waals surface area (Å²) in [5.41, 5.74) is 1.82. The number of nitrogens with one attached hydrogen (secondary N) is 1. The summed E-state index contributed by atoms with van der Waals surface area (Å²) in [5.74, 6) is 0.620. The Morgan fingerprint density at radius 2 is 2.29 bits per heavy atom. The number of carbonyl (C=O) groups is 1. The number of fused-ring (bicyclic) bond motifs is 2. The van der Waals surface area contributed by atoms with Crippen LogP contribution >= 0.6 is 24.0 Å². The first-order valence-corrected chi connectivity index (χ1v) is 5.48. The zero-order valence-electron chi connectivity index (χ0n) is 9.11. The number of benzene rings is 1. The molecule has 1 unspecified atom stereocenters. The lowest BCUT2D eigenvalue weighted by Crippen LogP contribution is -2.35. The van der Waals surface area contributed by atoms with Crippen molar-refractivity contribution in [1.29, 1.82) is 0 Å². The first kappa shape index (κ1) is 12.2. The summed E-state index contributed by atoms with van der Waals surface area (Å²) in [6.07, 6.45) is 0. The Kier molecular flexibility index (Phi) is 3.02. The van der Waals surface area contributed by atoms with Crippen molar-refractivity contribution < 1.29 is 4.79 Å². The van der Waals surface area contributed by atoms with E-state index in [1.165, 1.54) is 0 Å². The van der Waals surface area contributed by atoms with E-state index in [1.807, 2.05) is 30.0 Å². The highest BCUT2D eigenvalue weighted by atomic mass is 35.5. The normalized spacial score (nSPS) is 21.1. The SMILES string of the molecule is CC1C(=O)NC2=Nc3cccc(Cl)c3CN21.Cl. The fourth-order valence-corrected chi connectivity index (χ4v) is 2.24. The summed E-state index contributed by atoms with van der Waals surface area (Å²) in [6, 6.07) is 5.43. The molecule has 1 amide bonds. The van der Waals surface area contributed by atoms with Crippen LogP contribution in [-0.4, -0.2) is 22.8 Å². The molecular formula is C11H11Cl2N3O. The second-order valence-electron chi connectivity index (χ2n) is 3.97. The Balaban J connectivity index is 0.00000108. The molecule has 1 fully saturated rings. The minimum atomic E-state index is -0.178. The van der Waals surface area contributed by atoms with E-state index in [-0.39, 0.29) is 24.4 Å². The van der Waals surface area contributed by atoms with Crippen LogP contribution < -0.4 is 5.32 Å². The smallest absolute Gasteiger partial charge is 0.249 e.